The number of hydrogen-bond acceptors (Lipinski definition) is 5. The number of hydrogen-bond donors (Lipinski definition) is 0. The standard InChI is InChI=1S/C20H21F3N4O2/c1-13-10-26(12-24-13)16-6-5-14(9-17(16)28-2)8-15-4-3-7-27-18(20(21,22)23)11-29-25-19(15)27/h5-6,8-10,12,18H,3-4,7,11H2,1-2H3/b15-8+. The highest BCUT2D eigenvalue weighted by Gasteiger charge is 2.48. The van der Waals surface area contributed by atoms with Gasteiger partial charge in [-0.2, -0.15) is 13.2 Å². The van der Waals surface area contributed by atoms with Crippen molar-refractivity contribution < 1.29 is 22.7 Å². The van der Waals surface area contributed by atoms with E-state index in [2.05, 4.69) is 10.1 Å². The summed E-state index contributed by atoms with van der Waals surface area (Å²) < 4.78 is 47.4. The van der Waals surface area contributed by atoms with Gasteiger partial charge < -0.3 is 19.0 Å². The quantitative estimate of drug-likeness (QED) is 0.775. The van der Waals surface area contributed by atoms with Gasteiger partial charge in [-0.3, -0.25) is 0 Å². The highest BCUT2D eigenvalue weighted by Crippen LogP contribution is 2.34. The Hall–Kier alpha value is -2.97. The van der Waals surface area contributed by atoms with Crippen molar-refractivity contribution >= 4 is 11.9 Å². The second-order valence-electron chi connectivity index (χ2n) is 7.09. The maximum absolute atomic E-state index is 13.4. The molecule has 3 heterocycles. The van der Waals surface area contributed by atoms with Gasteiger partial charge in [0.1, 0.15) is 12.4 Å². The molecule has 1 saturated heterocycles. The first-order valence-corrected chi connectivity index (χ1v) is 9.30. The molecule has 1 unspecified atom stereocenters. The number of methoxy groups -OCH3 is 1. The molecule has 0 bridgehead atoms. The van der Waals surface area contributed by atoms with Crippen molar-refractivity contribution in [1.29, 1.82) is 0 Å². The van der Waals surface area contributed by atoms with Gasteiger partial charge in [0.15, 0.2) is 11.9 Å². The number of amidine groups is 1. The predicted octanol–water partition coefficient (Wildman–Crippen LogP) is 3.94. The number of alkyl halides is 3. The van der Waals surface area contributed by atoms with Crippen LogP contribution < -0.4 is 4.74 Å². The van der Waals surface area contributed by atoms with Gasteiger partial charge in [-0.05, 0) is 49.1 Å². The first-order chi connectivity index (χ1) is 13.9. The molecule has 154 valence electrons. The molecule has 0 spiro atoms. The maximum atomic E-state index is 13.4. The van der Waals surface area contributed by atoms with Gasteiger partial charge >= 0.3 is 6.18 Å². The van der Waals surface area contributed by atoms with Crippen LogP contribution >= 0.6 is 0 Å². The van der Waals surface area contributed by atoms with Crippen LogP contribution in [0.3, 0.4) is 0 Å². The summed E-state index contributed by atoms with van der Waals surface area (Å²) in [5, 5.41) is 3.93. The number of aryl methyl sites for hydroxylation is 1. The summed E-state index contributed by atoms with van der Waals surface area (Å²) in [5.41, 5.74) is 3.25. The molecule has 29 heavy (non-hydrogen) atoms. The Kier molecular flexibility index (Phi) is 4.97. The van der Waals surface area contributed by atoms with Gasteiger partial charge in [0.25, 0.3) is 0 Å². The third-order valence-electron chi connectivity index (χ3n) is 5.08. The molecule has 2 aliphatic rings. The van der Waals surface area contributed by atoms with Crippen molar-refractivity contribution in [2.75, 3.05) is 20.3 Å². The number of aromatic nitrogens is 2. The zero-order valence-corrected chi connectivity index (χ0v) is 16.1. The molecule has 1 aromatic heterocycles. The molecule has 4 rings (SSSR count). The molecule has 1 atom stereocenters. The minimum atomic E-state index is -4.36. The number of fused-ring (bicyclic) bond motifs is 1. The number of ether oxygens (including phenoxy) is 1. The van der Waals surface area contributed by atoms with Crippen LogP contribution in [0.25, 0.3) is 11.8 Å². The van der Waals surface area contributed by atoms with E-state index in [9.17, 15) is 13.2 Å². The molecule has 0 saturated carbocycles. The van der Waals surface area contributed by atoms with Gasteiger partial charge in [-0.25, -0.2) is 4.98 Å². The van der Waals surface area contributed by atoms with Gasteiger partial charge in [0.2, 0.25) is 0 Å². The Labute approximate surface area is 166 Å². The fourth-order valence-electron chi connectivity index (χ4n) is 3.67. The number of piperidine rings is 1. The summed E-state index contributed by atoms with van der Waals surface area (Å²) in [4.78, 5) is 10.4. The van der Waals surface area contributed by atoms with Crippen LogP contribution in [-0.2, 0) is 4.84 Å². The van der Waals surface area contributed by atoms with Crippen molar-refractivity contribution in [3.8, 4) is 11.4 Å². The molecule has 9 heteroatoms. The zero-order chi connectivity index (χ0) is 20.6. The van der Waals surface area contributed by atoms with Crippen LogP contribution in [0, 0.1) is 6.92 Å². The average Bonchev–Trinajstić information content (AvgIpc) is 3.13. The van der Waals surface area contributed by atoms with Gasteiger partial charge in [0, 0.05) is 12.7 Å². The molecule has 1 fully saturated rings. The molecule has 0 aliphatic carbocycles. The fourth-order valence-corrected chi connectivity index (χ4v) is 3.67. The number of oxime groups is 1. The van der Waals surface area contributed by atoms with Crippen LogP contribution in [0.4, 0.5) is 13.2 Å². The van der Waals surface area contributed by atoms with E-state index in [0.717, 1.165) is 22.5 Å². The lowest BCUT2D eigenvalue weighted by molar-refractivity contribution is -0.192. The van der Waals surface area contributed by atoms with E-state index in [-0.39, 0.29) is 5.84 Å². The number of imidazole rings is 1. The predicted molar refractivity (Wildman–Crippen MR) is 102 cm³/mol. The zero-order valence-electron chi connectivity index (χ0n) is 16.1. The van der Waals surface area contributed by atoms with Crippen molar-refractivity contribution in [1.82, 2.24) is 14.5 Å². The second-order valence-corrected chi connectivity index (χ2v) is 7.09. The first kappa shape index (κ1) is 19.4. The minimum absolute atomic E-state index is 0.262. The lowest BCUT2D eigenvalue weighted by atomic mass is 9.98. The topological polar surface area (TPSA) is 51.9 Å². The van der Waals surface area contributed by atoms with Crippen molar-refractivity contribution in [3.63, 3.8) is 0 Å². The molecule has 0 radical (unpaired) electrons. The fraction of sp³-hybridized carbons (Fsp3) is 0.400. The lowest BCUT2D eigenvalue weighted by Crippen LogP contribution is -2.55. The molecular weight excluding hydrogens is 385 g/mol. The Morgan fingerprint density at radius 1 is 1.31 bits per heavy atom. The summed E-state index contributed by atoms with van der Waals surface area (Å²) in [5.74, 6) is 0.900. The van der Waals surface area contributed by atoms with E-state index < -0.39 is 18.8 Å². The summed E-state index contributed by atoms with van der Waals surface area (Å²) in [6.45, 7) is 1.73. The number of halogens is 3. The number of nitrogens with zero attached hydrogens (tertiary/aromatic N) is 4. The molecule has 0 amide bonds. The van der Waals surface area contributed by atoms with E-state index >= 15 is 0 Å². The summed E-state index contributed by atoms with van der Waals surface area (Å²) in [7, 11) is 1.58. The second kappa shape index (κ2) is 7.46. The van der Waals surface area contributed by atoms with Gasteiger partial charge in [0.05, 0.1) is 24.8 Å². The first-order valence-electron chi connectivity index (χ1n) is 9.30. The molecule has 2 aromatic rings. The maximum Gasteiger partial charge on any atom is 0.412 e. The Bertz CT molecular complexity index is 965. The van der Waals surface area contributed by atoms with Crippen molar-refractivity contribution in [3.05, 3.63) is 47.6 Å². The SMILES string of the molecule is COc1cc(/C=C2\CCCN3C2=NOCC3C(F)(F)F)ccc1-n1cnc(C)c1. The Balaban J connectivity index is 1.66. The van der Waals surface area contributed by atoms with Crippen LogP contribution in [0.5, 0.6) is 5.75 Å². The van der Waals surface area contributed by atoms with E-state index in [4.69, 9.17) is 9.57 Å². The van der Waals surface area contributed by atoms with E-state index in [1.165, 1.54) is 4.90 Å². The molecule has 6 nitrogen and oxygen atoms in total. The van der Waals surface area contributed by atoms with Crippen LogP contribution in [0.1, 0.15) is 24.1 Å². The molecular formula is C20H21F3N4O2. The summed E-state index contributed by atoms with van der Waals surface area (Å²) in [6.07, 6.45) is 2.33. The van der Waals surface area contributed by atoms with Gasteiger partial charge in [-0.15, -0.1) is 0 Å². The smallest absolute Gasteiger partial charge is 0.412 e. The van der Waals surface area contributed by atoms with Crippen molar-refractivity contribution in [2.45, 2.75) is 32.0 Å². The highest BCUT2D eigenvalue weighted by molar-refractivity contribution is 6.03. The van der Waals surface area contributed by atoms with Crippen LogP contribution in [-0.4, -0.2) is 52.8 Å². The Morgan fingerprint density at radius 2 is 2.14 bits per heavy atom. The number of benzene rings is 1. The summed E-state index contributed by atoms with van der Waals surface area (Å²) >= 11 is 0. The number of rotatable bonds is 3. The third-order valence-corrected chi connectivity index (χ3v) is 5.08. The average molecular weight is 406 g/mol. The van der Waals surface area contributed by atoms with E-state index in [1.807, 2.05) is 42.0 Å². The van der Waals surface area contributed by atoms with Crippen LogP contribution in [0.15, 0.2) is 41.5 Å². The monoisotopic (exact) mass is 406 g/mol. The van der Waals surface area contributed by atoms with E-state index in [1.54, 1.807) is 13.4 Å². The molecule has 2 aliphatic heterocycles. The largest absolute Gasteiger partial charge is 0.495 e. The highest BCUT2D eigenvalue weighted by atomic mass is 19.4. The Morgan fingerprint density at radius 3 is 2.83 bits per heavy atom. The van der Waals surface area contributed by atoms with Crippen LogP contribution in [0.2, 0.25) is 0 Å². The summed E-state index contributed by atoms with van der Waals surface area (Å²) in [6, 6.07) is 3.97. The molecule has 0 N–H and O–H groups in total. The van der Waals surface area contributed by atoms with E-state index in [0.29, 0.717) is 25.1 Å². The normalized spacial score (nSPS) is 20.9. The lowest BCUT2D eigenvalue weighted by Gasteiger charge is -2.40. The third kappa shape index (κ3) is 3.81. The van der Waals surface area contributed by atoms with Gasteiger partial charge in [-0.1, -0.05) is 11.2 Å². The van der Waals surface area contributed by atoms with Crippen molar-refractivity contribution in [2.24, 2.45) is 5.16 Å². The molecule has 1 aromatic carbocycles. The minimum Gasteiger partial charge on any atom is -0.495 e.